The first-order chi connectivity index (χ1) is 15.3. The Bertz CT molecular complexity index is 1200. The van der Waals surface area contributed by atoms with E-state index in [1.165, 1.54) is 41.6 Å². The van der Waals surface area contributed by atoms with E-state index in [4.69, 9.17) is 0 Å². The smallest absolute Gasteiger partial charge is 0.263 e. The second-order valence-electron chi connectivity index (χ2n) is 7.53. The summed E-state index contributed by atoms with van der Waals surface area (Å²) in [4.78, 5) is 35.2. The molecule has 4 rings (SSSR count). The molecule has 2 amide bonds. The third-order valence-electron chi connectivity index (χ3n) is 5.35. The van der Waals surface area contributed by atoms with Gasteiger partial charge in [0.25, 0.3) is 6.43 Å². The number of aromatic nitrogens is 2. The zero-order valence-electron chi connectivity index (χ0n) is 17.3. The maximum absolute atomic E-state index is 15.0. The Labute approximate surface area is 182 Å². The largest absolute Gasteiger partial charge is 0.325 e. The molecule has 164 valence electrons. The first kappa shape index (κ1) is 21.5. The maximum Gasteiger partial charge on any atom is 0.263 e. The number of halogens is 3. The van der Waals surface area contributed by atoms with Crippen molar-refractivity contribution < 1.29 is 22.8 Å². The second-order valence-corrected chi connectivity index (χ2v) is 7.53. The zero-order chi connectivity index (χ0) is 23.0. The Hall–Kier alpha value is -3.75. The third kappa shape index (κ3) is 3.93. The Balaban J connectivity index is 1.69. The zero-order valence-corrected chi connectivity index (χ0v) is 17.3. The quantitative estimate of drug-likeness (QED) is 0.601. The van der Waals surface area contributed by atoms with E-state index in [2.05, 4.69) is 15.3 Å². The molecule has 3 heterocycles. The van der Waals surface area contributed by atoms with Crippen molar-refractivity contribution in [2.24, 2.45) is 0 Å². The van der Waals surface area contributed by atoms with E-state index in [1.54, 1.807) is 26.0 Å². The van der Waals surface area contributed by atoms with Gasteiger partial charge < -0.3 is 10.2 Å². The second kappa shape index (κ2) is 8.41. The molecule has 0 aliphatic carbocycles. The summed E-state index contributed by atoms with van der Waals surface area (Å²) >= 11 is 0. The van der Waals surface area contributed by atoms with Gasteiger partial charge in [0, 0.05) is 34.9 Å². The molecule has 0 bridgehead atoms. The number of carbonyl (C=O) groups excluding carboxylic acids is 2. The van der Waals surface area contributed by atoms with E-state index in [0.29, 0.717) is 22.5 Å². The maximum atomic E-state index is 15.0. The lowest BCUT2D eigenvalue weighted by Crippen LogP contribution is -2.40. The molecule has 1 aromatic carbocycles. The van der Waals surface area contributed by atoms with Crippen molar-refractivity contribution >= 4 is 23.2 Å². The average Bonchev–Trinajstić information content (AvgIpc) is 2.84. The van der Waals surface area contributed by atoms with Crippen molar-refractivity contribution in [3.63, 3.8) is 0 Å². The molecule has 6 nitrogen and oxygen atoms in total. The van der Waals surface area contributed by atoms with Crippen molar-refractivity contribution in [1.82, 2.24) is 9.97 Å². The number of alkyl halides is 2. The molecule has 0 radical (unpaired) electrons. The first-order valence-electron chi connectivity index (χ1n) is 9.87. The summed E-state index contributed by atoms with van der Waals surface area (Å²) in [6, 6.07) is 8.33. The summed E-state index contributed by atoms with van der Waals surface area (Å²) in [5, 5.41) is 2.59. The van der Waals surface area contributed by atoms with Crippen molar-refractivity contribution in [2.45, 2.75) is 26.2 Å². The SMILES string of the molecule is Cc1cc2c(c(F)n1)-c1cnccc1[C@H](C)C(=O)N2CC(=O)Nc1ccc(C(F)F)cc1. The molecular weight excluding hydrogens is 421 g/mol. The van der Waals surface area contributed by atoms with Crippen LogP contribution in [0.3, 0.4) is 0 Å². The molecule has 9 heteroatoms. The van der Waals surface area contributed by atoms with Crippen LogP contribution in [0.15, 0.2) is 48.8 Å². The van der Waals surface area contributed by atoms with Crippen LogP contribution in [0, 0.1) is 12.9 Å². The molecule has 32 heavy (non-hydrogen) atoms. The van der Waals surface area contributed by atoms with Gasteiger partial charge in [-0.25, -0.2) is 13.8 Å². The van der Waals surface area contributed by atoms with Crippen LogP contribution in [0.1, 0.15) is 36.1 Å². The number of pyridine rings is 2. The molecule has 1 atom stereocenters. The fourth-order valence-electron chi connectivity index (χ4n) is 3.78. The fourth-order valence-corrected chi connectivity index (χ4v) is 3.78. The number of anilines is 2. The fraction of sp³-hybridized carbons (Fsp3) is 0.217. The van der Waals surface area contributed by atoms with Crippen molar-refractivity contribution in [2.75, 3.05) is 16.8 Å². The van der Waals surface area contributed by atoms with E-state index < -0.39 is 30.7 Å². The van der Waals surface area contributed by atoms with Gasteiger partial charge >= 0.3 is 0 Å². The van der Waals surface area contributed by atoms with Crippen LogP contribution in [0.25, 0.3) is 11.1 Å². The number of carbonyl (C=O) groups is 2. The number of nitrogens with one attached hydrogen (secondary N) is 1. The molecule has 1 aliphatic heterocycles. The summed E-state index contributed by atoms with van der Waals surface area (Å²) in [7, 11) is 0. The Morgan fingerprint density at radius 3 is 2.62 bits per heavy atom. The molecule has 3 aromatic rings. The van der Waals surface area contributed by atoms with Crippen LogP contribution >= 0.6 is 0 Å². The van der Waals surface area contributed by atoms with Gasteiger partial charge in [-0.15, -0.1) is 0 Å². The average molecular weight is 440 g/mol. The van der Waals surface area contributed by atoms with Gasteiger partial charge in [-0.2, -0.15) is 4.39 Å². The lowest BCUT2D eigenvalue weighted by Gasteiger charge is -2.24. The van der Waals surface area contributed by atoms with Gasteiger partial charge in [0.2, 0.25) is 17.8 Å². The standard InChI is InChI=1S/C23H19F3N4O2/c1-12-9-18-20(22(26)28-12)17-10-27-8-7-16(17)13(2)23(32)30(18)11-19(31)29-15-5-3-14(4-6-15)21(24)25/h3-10,13,21H,11H2,1-2H3,(H,29,31)/t13-/m0/s1. The van der Waals surface area contributed by atoms with Gasteiger partial charge in [-0.3, -0.25) is 14.6 Å². The number of amides is 2. The van der Waals surface area contributed by atoms with E-state index >= 15 is 0 Å². The summed E-state index contributed by atoms with van der Waals surface area (Å²) in [6.45, 7) is 2.88. The van der Waals surface area contributed by atoms with Crippen LogP contribution < -0.4 is 10.2 Å². The van der Waals surface area contributed by atoms with Gasteiger partial charge in [0.1, 0.15) is 6.54 Å². The normalized spacial score (nSPS) is 15.2. The molecule has 0 fully saturated rings. The highest BCUT2D eigenvalue weighted by Crippen LogP contribution is 2.41. The predicted molar refractivity (Wildman–Crippen MR) is 113 cm³/mol. The van der Waals surface area contributed by atoms with E-state index in [-0.39, 0.29) is 22.7 Å². The number of benzene rings is 1. The summed E-state index contributed by atoms with van der Waals surface area (Å²) < 4.78 is 40.4. The molecule has 0 saturated heterocycles. The number of hydrogen-bond acceptors (Lipinski definition) is 4. The molecular formula is C23H19F3N4O2. The van der Waals surface area contributed by atoms with Crippen LogP contribution in [-0.2, 0) is 9.59 Å². The lowest BCUT2D eigenvalue weighted by atomic mass is 9.94. The highest BCUT2D eigenvalue weighted by molar-refractivity contribution is 6.09. The number of hydrogen-bond donors (Lipinski definition) is 1. The Morgan fingerprint density at radius 1 is 1.22 bits per heavy atom. The third-order valence-corrected chi connectivity index (χ3v) is 5.35. The van der Waals surface area contributed by atoms with Crippen molar-refractivity contribution in [3.05, 3.63) is 71.6 Å². The van der Waals surface area contributed by atoms with Gasteiger partial charge in [-0.1, -0.05) is 12.1 Å². The summed E-state index contributed by atoms with van der Waals surface area (Å²) in [6.07, 6.45) is 0.384. The van der Waals surface area contributed by atoms with Crippen molar-refractivity contribution in [3.8, 4) is 11.1 Å². The topological polar surface area (TPSA) is 75.2 Å². The predicted octanol–water partition coefficient (Wildman–Crippen LogP) is 4.62. The Kier molecular flexibility index (Phi) is 5.65. The minimum atomic E-state index is -2.62. The molecule has 1 aliphatic rings. The molecule has 2 aromatic heterocycles. The van der Waals surface area contributed by atoms with Crippen LogP contribution in [0.4, 0.5) is 24.5 Å². The summed E-state index contributed by atoms with van der Waals surface area (Å²) in [5.41, 5.74) is 1.84. The lowest BCUT2D eigenvalue weighted by molar-refractivity contribution is -0.122. The van der Waals surface area contributed by atoms with Crippen LogP contribution in [0.2, 0.25) is 0 Å². The number of fused-ring (bicyclic) bond motifs is 3. The number of aryl methyl sites for hydroxylation is 1. The number of nitrogens with zero attached hydrogens (tertiary/aromatic N) is 3. The minimum absolute atomic E-state index is 0.102. The highest BCUT2D eigenvalue weighted by atomic mass is 19.3. The van der Waals surface area contributed by atoms with Gasteiger partial charge in [0.05, 0.1) is 17.2 Å². The van der Waals surface area contributed by atoms with E-state index in [9.17, 15) is 22.8 Å². The number of rotatable bonds is 4. The van der Waals surface area contributed by atoms with Crippen LogP contribution in [-0.4, -0.2) is 28.3 Å². The molecule has 0 spiro atoms. The monoisotopic (exact) mass is 440 g/mol. The van der Waals surface area contributed by atoms with Crippen LogP contribution in [0.5, 0.6) is 0 Å². The minimum Gasteiger partial charge on any atom is -0.325 e. The Morgan fingerprint density at radius 2 is 1.94 bits per heavy atom. The van der Waals surface area contributed by atoms with Gasteiger partial charge in [-0.05, 0) is 43.7 Å². The summed E-state index contributed by atoms with van der Waals surface area (Å²) in [5.74, 6) is -2.35. The molecule has 0 unspecified atom stereocenters. The van der Waals surface area contributed by atoms with E-state index in [0.717, 1.165) is 0 Å². The first-order valence-corrected chi connectivity index (χ1v) is 9.87. The van der Waals surface area contributed by atoms with Gasteiger partial charge in [0.15, 0.2) is 0 Å². The van der Waals surface area contributed by atoms with E-state index in [1.807, 2.05) is 0 Å². The highest BCUT2D eigenvalue weighted by Gasteiger charge is 2.34. The molecule has 1 N–H and O–H groups in total. The molecule has 0 saturated carbocycles. The van der Waals surface area contributed by atoms with Crippen molar-refractivity contribution in [1.29, 1.82) is 0 Å².